The molecular formula is C19H25N7O2. The molecule has 1 fully saturated rings. The molecule has 3 heterocycles. The highest BCUT2D eigenvalue weighted by atomic mass is 16.5. The van der Waals surface area contributed by atoms with Crippen molar-refractivity contribution in [3.63, 3.8) is 0 Å². The molecular weight excluding hydrogens is 358 g/mol. The summed E-state index contributed by atoms with van der Waals surface area (Å²) in [6.45, 7) is 6.68. The van der Waals surface area contributed by atoms with Gasteiger partial charge in [0.25, 0.3) is 0 Å². The Bertz CT molecular complexity index is 953. The minimum atomic E-state index is -0.706. The molecule has 9 nitrogen and oxygen atoms in total. The molecule has 4 N–H and O–H groups in total. The van der Waals surface area contributed by atoms with Crippen LogP contribution in [0.2, 0.25) is 0 Å². The maximum absolute atomic E-state index is 9.95. The summed E-state index contributed by atoms with van der Waals surface area (Å²) in [6.07, 6.45) is -0.153. The van der Waals surface area contributed by atoms with Crippen LogP contribution >= 0.6 is 0 Å². The largest absolute Gasteiger partial charge is 0.378 e. The number of fused-ring (bicyclic) bond motifs is 1. The van der Waals surface area contributed by atoms with Gasteiger partial charge in [-0.3, -0.25) is 0 Å². The van der Waals surface area contributed by atoms with E-state index in [4.69, 9.17) is 4.74 Å². The number of rotatable bonds is 6. The summed E-state index contributed by atoms with van der Waals surface area (Å²) in [5, 5.41) is 16.2. The lowest BCUT2D eigenvalue weighted by Gasteiger charge is -2.28. The third-order valence-electron chi connectivity index (χ3n) is 4.60. The van der Waals surface area contributed by atoms with Crippen LogP contribution in [0.15, 0.2) is 24.3 Å². The van der Waals surface area contributed by atoms with E-state index in [9.17, 15) is 5.11 Å². The third-order valence-corrected chi connectivity index (χ3v) is 4.60. The number of morpholine rings is 1. The van der Waals surface area contributed by atoms with Crippen LogP contribution in [-0.4, -0.2) is 57.6 Å². The van der Waals surface area contributed by atoms with Gasteiger partial charge in [0.05, 0.1) is 13.2 Å². The minimum Gasteiger partial charge on any atom is -0.378 e. The Labute approximate surface area is 163 Å². The van der Waals surface area contributed by atoms with E-state index in [0.29, 0.717) is 42.7 Å². The smallest absolute Gasteiger partial charge is 0.228 e. The molecule has 3 aromatic rings. The lowest BCUT2D eigenvalue weighted by molar-refractivity contribution is 0.122. The summed E-state index contributed by atoms with van der Waals surface area (Å²) in [4.78, 5) is 19.2. The van der Waals surface area contributed by atoms with Gasteiger partial charge < -0.3 is 30.4 Å². The van der Waals surface area contributed by atoms with Crippen LogP contribution in [-0.2, 0) is 4.74 Å². The normalized spacial score (nSPS) is 15.6. The number of aromatic nitrogens is 4. The highest BCUT2D eigenvalue weighted by Gasteiger charge is 2.21. The van der Waals surface area contributed by atoms with Crippen molar-refractivity contribution in [1.82, 2.24) is 19.9 Å². The lowest BCUT2D eigenvalue weighted by atomic mass is 10.2. The second-order valence-electron chi connectivity index (χ2n) is 6.82. The Morgan fingerprint density at radius 1 is 1.25 bits per heavy atom. The number of imidazole rings is 1. The van der Waals surface area contributed by atoms with Gasteiger partial charge in [0.1, 0.15) is 6.23 Å². The monoisotopic (exact) mass is 383 g/mol. The molecule has 1 aliphatic rings. The number of ether oxygens (including phenoxy) is 1. The van der Waals surface area contributed by atoms with Crippen LogP contribution in [0.5, 0.6) is 0 Å². The zero-order chi connectivity index (χ0) is 19.5. The predicted octanol–water partition coefficient (Wildman–Crippen LogP) is 2.38. The Kier molecular flexibility index (Phi) is 5.27. The van der Waals surface area contributed by atoms with Crippen molar-refractivity contribution in [2.24, 2.45) is 0 Å². The van der Waals surface area contributed by atoms with E-state index in [0.717, 1.165) is 30.2 Å². The SMILES string of the molecule is CCC(O)Nc1nc(N2CCOCC2)c2nc(Nc3cccc(C)c3)[nH]c2n1. The average Bonchev–Trinajstić information content (AvgIpc) is 3.10. The minimum absolute atomic E-state index is 0.370. The molecule has 1 unspecified atom stereocenters. The molecule has 1 aliphatic heterocycles. The number of nitrogens with one attached hydrogen (secondary N) is 3. The van der Waals surface area contributed by atoms with Gasteiger partial charge >= 0.3 is 0 Å². The van der Waals surface area contributed by atoms with Gasteiger partial charge in [-0.05, 0) is 31.0 Å². The number of benzene rings is 1. The van der Waals surface area contributed by atoms with Gasteiger partial charge in [0.15, 0.2) is 17.0 Å². The highest BCUT2D eigenvalue weighted by molar-refractivity contribution is 5.87. The summed E-state index contributed by atoms with van der Waals surface area (Å²) in [5.41, 5.74) is 3.40. The van der Waals surface area contributed by atoms with Gasteiger partial charge in [-0.15, -0.1) is 0 Å². The quantitative estimate of drug-likeness (QED) is 0.480. The first-order valence-electron chi connectivity index (χ1n) is 9.51. The van der Waals surface area contributed by atoms with Gasteiger partial charge in [-0.1, -0.05) is 19.1 Å². The number of nitrogens with zero attached hydrogens (tertiary/aromatic N) is 4. The fraction of sp³-hybridized carbons (Fsp3) is 0.421. The predicted molar refractivity (Wildman–Crippen MR) is 109 cm³/mol. The van der Waals surface area contributed by atoms with Crippen LogP contribution in [0.4, 0.5) is 23.4 Å². The first-order valence-corrected chi connectivity index (χ1v) is 9.51. The van der Waals surface area contributed by atoms with Gasteiger partial charge in [0, 0.05) is 18.8 Å². The molecule has 148 valence electrons. The van der Waals surface area contributed by atoms with E-state index >= 15 is 0 Å². The van der Waals surface area contributed by atoms with E-state index in [1.54, 1.807) is 0 Å². The summed E-state index contributed by atoms with van der Waals surface area (Å²) in [7, 11) is 0. The van der Waals surface area contributed by atoms with Crippen molar-refractivity contribution < 1.29 is 9.84 Å². The topological polar surface area (TPSA) is 111 Å². The maximum Gasteiger partial charge on any atom is 0.228 e. The number of aliphatic hydroxyl groups is 1. The zero-order valence-electron chi connectivity index (χ0n) is 16.1. The number of aliphatic hydroxyl groups excluding tert-OH is 1. The first-order chi connectivity index (χ1) is 13.6. The molecule has 4 rings (SSSR count). The van der Waals surface area contributed by atoms with Crippen molar-refractivity contribution >= 4 is 34.6 Å². The van der Waals surface area contributed by atoms with E-state index in [2.05, 4.69) is 35.5 Å². The van der Waals surface area contributed by atoms with Gasteiger partial charge in [0.2, 0.25) is 11.9 Å². The van der Waals surface area contributed by atoms with Crippen LogP contribution in [0, 0.1) is 6.92 Å². The Morgan fingerprint density at radius 2 is 2.07 bits per heavy atom. The Balaban J connectivity index is 1.71. The van der Waals surface area contributed by atoms with E-state index in [1.165, 1.54) is 0 Å². The van der Waals surface area contributed by atoms with Crippen molar-refractivity contribution in [2.75, 3.05) is 41.8 Å². The van der Waals surface area contributed by atoms with Crippen LogP contribution in [0.25, 0.3) is 11.2 Å². The summed E-state index contributed by atoms with van der Waals surface area (Å²) >= 11 is 0. The molecule has 0 saturated carbocycles. The number of anilines is 4. The fourth-order valence-corrected chi connectivity index (χ4v) is 3.12. The number of H-pyrrole nitrogens is 1. The van der Waals surface area contributed by atoms with Crippen molar-refractivity contribution in [1.29, 1.82) is 0 Å². The summed E-state index contributed by atoms with van der Waals surface area (Å²) in [5.74, 6) is 1.69. The molecule has 1 atom stereocenters. The van der Waals surface area contributed by atoms with E-state index < -0.39 is 6.23 Å². The maximum atomic E-state index is 9.95. The first kappa shape index (κ1) is 18.5. The van der Waals surface area contributed by atoms with Crippen molar-refractivity contribution in [3.8, 4) is 0 Å². The molecule has 1 aromatic carbocycles. The van der Waals surface area contributed by atoms with Crippen molar-refractivity contribution in [3.05, 3.63) is 29.8 Å². The van der Waals surface area contributed by atoms with Gasteiger partial charge in [-0.25, -0.2) is 4.98 Å². The number of aromatic amines is 1. The summed E-state index contributed by atoms with van der Waals surface area (Å²) < 4.78 is 5.46. The second-order valence-corrected chi connectivity index (χ2v) is 6.82. The molecule has 2 aromatic heterocycles. The van der Waals surface area contributed by atoms with Crippen LogP contribution in [0.1, 0.15) is 18.9 Å². The molecule has 0 amide bonds. The number of aryl methyl sites for hydroxylation is 1. The van der Waals surface area contributed by atoms with Crippen LogP contribution in [0.3, 0.4) is 0 Å². The summed E-state index contributed by atoms with van der Waals surface area (Å²) in [6, 6.07) is 8.07. The third kappa shape index (κ3) is 4.00. The molecule has 0 spiro atoms. The molecule has 9 heteroatoms. The lowest BCUT2D eigenvalue weighted by Crippen LogP contribution is -2.37. The molecule has 0 radical (unpaired) electrons. The highest BCUT2D eigenvalue weighted by Crippen LogP contribution is 2.27. The standard InChI is InChI=1S/C19H25N7O2/c1-3-14(27)21-19-24-16-15(17(25-19)26-7-9-28-10-8-26)22-18(23-16)20-13-6-4-5-12(2)11-13/h4-6,11,14,27H,3,7-10H2,1-2H3,(H3,20,21,22,23,24,25). The number of hydrogen-bond donors (Lipinski definition) is 4. The van der Waals surface area contributed by atoms with E-state index in [-0.39, 0.29) is 0 Å². The number of hydrogen-bond acceptors (Lipinski definition) is 8. The second kappa shape index (κ2) is 7.99. The van der Waals surface area contributed by atoms with E-state index in [1.807, 2.05) is 38.1 Å². The molecule has 1 saturated heterocycles. The zero-order valence-corrected chi connectivity index (χ0v) is 16.1. The Morgan fingerprint density at radius 3 is 2.82 bits per heavy atom. The van der Waals surface area contributed by atoms with Crippen LogP contribution < -0.4 is 15.5 Å². The molecule has 0 aliphatic carbocycles. The van der Waals surface area contributed by atoms with Crippen molar-refractivity contribution in [2.45, 2.75) is 26.5 Å². The Hall–Kier alpha value is -2.91. The molecule has 28 heavy (non-hydrogen) atoms. The fourth-order valence-electron chi connectivity index (χ4n) is 3.12. The molecule has 0 bridgehead atoms. The van der Waals surface area contributed by atoms with Gasteiger partial charge in [-0.2, -0.15) is 9.97 Å². The average molecular weight is 383 g/mol.